The van der Waals surface area contributed by atoms with Crippen molar-refractivity contribution >= 4 is 57.2 Å². The highest BCUT2D eigenvalue weighted by molar-refractivity contribution is 7.19. The Kier molecular flexibility index (Phi) is 8.64. The lowest BCUT2D eigenvalue weighted by Gasteiger charge is -2.53. The van der Waals surface area contributed by atoms with Gasteiger partial charge in [0, 0.05) is 66.4 Å². The molecule has 2 saturated heterocycles. The second-order valence-electron chi connectivity index (χ2n) is 14.5. The number of fused-ring (bicyclic) bond motifs is 4. The Morgan fingerprint density at radius 1 is 1.00 bits per heavy atom. The van der Waals surface area contributed by atoms with Crippen LogP contribution < -0.4 is 9.80 Å². The molecule has 3 aromatic carbocycles. The number of aromatic nitrogens is 3. The monoisotopic (exact) mass is 745 g/mol. The van der Waals surface area contributed by atoms with Crippen molar-refractivity contribution in [2.45, 2.75) is 39.0 Å². The quantitative estimate of drug-likeness (QED) is 0.164. The number of hydrogen-bond donors (Lipinski definition) is 1. The van der Waals surface area contributed by atoms with Gasteiger partial charge in [-0.2, -0.15) is 0 Å². The van der Waals surface area contributed by atoms with Crippen molar-refractivity contribution in [3.63, 3.8) is 0 Å². The minimum absolute atomic E-state index is 0.0588. The Bertz CT molecular complexity index is 2390. The van der Waals surface area contributed by atoms with Gasteiger partial charge in [-0.05, 0) is 104 Å². The molecule has 0 bridgehead atoms. The number of aromatic amines is 1. The van der Waals surface area contributed by atoms with Gasteiger partial charge >= 0.3 is 0 Å². The molecule has 6 heterocycles. The Morgan fingerprint density at radius 2 is 1.81 bits per heavy atom. The maximum Gasteiger partial charge on any atom is 0.258 e. The molecule has 53 heavy (non-hydrogen) atoms. The summed E-state index contributed by atoms with van der Waals surface area (Å²) >= 11 is 7.97. The predicted octanol–water partition coefficient (Wildman–Crippen LogP) is 9.09. The molecule has 0 aliphatic carbocycles. The summed E-state index contributed by atoms with van der Waals surface area (Å²) in [6.07, 6.45) is 3.57. The first-order valence-corrected chi connectivity index (χ1v) is 19.2. The summed E-state index contributed by atoms with van der Waals surface area (Å²) in [4.78, 5) is 46.4. The first-order chi connectivity index (χ1) is 25.7. The number of H-pyrrole nitrogens is 1. The van der Waals surface area contributed by atoms with E-state index < -0.39 is 5.82 Å². The maximum absolute atomic E-state index is 14.8. The van der Waals surface area contributed by atoms with E-state index in [1.807, 2.05) is 49.4 Å². The number of pyridine rings is 1. The highest BCUT2D eigenvalue weighted by atomic mass is 35.5. The van der Waals surface area contributed by atoms with Crippen molar-refractivity contribution in [3.05, 3.63) is 118 Å². The molecule has 8 nitrogen and oxygen atoms in total. The number of para-hydroxylation sites is 1. The van der Waals surface area contributed by atoms with Crippen molar-refractivity contribution < 1.29 is 18.7 Å². The zero-order valence-corrected chi connectivity index (χ0v) is 30.8. The lowest BCUT2D eigenvalue weighted by atomic mass is 9.73. The normalized spacial score (nSPS) is 16.3. The van der Waals surface area contributed by atoms with Crippen molar-refractivity contribution in [3.8, 4) is 21.1 Å². The summed E-state index contributed by atoms with van der Waals surface area (Å²) < 4.78 is 20.4. The molecule has 2 fully saturated rings. The van der Waals surface area contributed by atoms with Crippen LogP contribution in [0, 0.1) is 18.2 Å². The lowest BCUT2D eigenvalue weighted by Crippen LogP contribution is -2.59. The first-order valence-electron chi connectivity index (χ1n) is 18.1. The van der Waals surface area contributed by atoms with E-state index in [2.05, 4.69) is 16.0 Å². The predicted molar refractivity (Wildman–Crippen MR) is 208 cm³/mol. The first kappa shape index (κ1) is 33.9. The molecule has 6 aromatic rings. The summed E-state index contributed by atoms with van der Waals surface area (Å²) in [5.41, 5.74) is 7.29. The van der Waals surface area contributed by atoms with Crippen LogP contribution in [0.2, 0.25) is 5.02 Å². The van der Waals surface area contributed by atoms with Gasteiger partial charge in [-0.15, -0.1) is 11.3 Å². The Morgan fingerprint density at radius 3 is 2.60 bits per heavy atom. The van der Waals surface area contributed by atoms with Crippen LogP contribution in [0.4, 0.5) is 15.9 Å². The third-order valence-corrected chi connectivity index (χ3v) is 12.4. The minimum Gasteiger partial charge on any atom is -0.381 e. The molecular formula is C42H37ClFN5O3S. The van der Waals surface area contributed by atoms with Crippen molar-refractivity contribution in [1.29, 1.82) is 0 Å². The molecule has 1 amide bonds. The molecule has 11 heteroatoms. The van der Waals surface area contributed by atoms with Crippen LogP contribution in [0.25, 0.3) is 32.2 Å². The number of ether oxygens (including phenoxy) is 1. The molecule has 1 N–H and O–H groups in total. The zero-order chi connectivity index (χ0) is 36.3. The number of aryl methyl sites for hydroxylation is 2. The number of rotatable bonds is 7. The molecular weight excluding hydrogens is 709 g/mol. The fourth-order valence-electron chi connectivity index (χ4n) is 7.95. The second kappa shape index (κ2) is 13.5. The number of hydrogen-bond acceptors (Lipinski definition) is 7. The van der Waals surface area contributed by atoms with Crippen molar-refractivity contribution in [1.82, 2.24) is 15.0 Å². The van der Waals surface area contributed by atoms with E-state index in [-0.39, 0.29) is 17.1 Å². The fraction of sp³-hybridized carbons (Fsp3) is 0.286. The average Bonchev–Trinajstić information content (AvgIpc) is 3.76. The number of amides is 1. The topological polar surface area (TPSA) is 91.4 Å². The lowest BCUT2D eigenvalue weighted by molar-refractivity contribution is -0.000523. The van der Waals surface area contributed by atoms with E-state index in [1.54, 1.807) is 34.4 Å². The number of ketones is 1. The maximum atomic E-state index is 14.8. The molecule has 0 radical (unpaired) electrons. The molecule has 268 valence electrons. The summed E-state index contributed by atoms with van der Waals surface area (Å²) in [6.45, 7) is 5.76. The highest BCUT2D eigenvalue weighted by Crippen LogP contribution is 2.45. The molecule has 0 unspecified atom stereocenters. The average molecular weight is 746 g/mol. The SMILES string of the molecule is Cc1ccc(C(=O)CCc2ccc(C(=O)N3CCc4cc(-c5nc6cccc(Cl)c6[nH]5)sc4-c4ccc(F)cc43)cc2)c(N2CC3(CCOCC3)C2)n1. The van der Waals surface area contributed by atoms with Gasteiger partial charge in [-0.1, -0.05) is 29.8 Å². The van der Waals surface area contributed by atoms with Gasteiger partial charge in [0.15, 0.2) is 5.78 Å². The summed E-state index contributed by atoms with van der Waals surface area (Å²) in [5, 5.41) is 0.607. The number of anilines is 2. The van der Waals surface area contributed by atoms with Gasteiger partial charge in [0.25, 0.3) is 5.91 Å². The zero-order valence-electron chi connectivity index (χ0n) is 29.3. The van der Waals surface area contributed by atoms with Crippen LogP contribution in [0.15, 0.2) is 78.9 Å². The van der Waals surface area contributed by atoms with Gasteiger partial charge in [0.1, 0.15) is 17.5 Å². The van der Waals surface area contributed by atoms with E-state index in [0.717, 1.165) is 94.0 Å². The fourth-order valence-corrected chi connectivity index (χ4v) is 9.36. The highest BCUT2D eigenvalue weighted by Gasteiger charge is 2.45. The summed E-state index contributed by atoms with van der Waals surface area (Å²) in [6, 6.07) is 23.6. The molecule has 3 aromatic heterocycles. The Hall–Kier alpha value is -4.90. The van der Waals surface area contributed by atoms with Crippen LogP contribution >= 0.6 is 22.9 Å². The van der Waals surface area contributed by atoms with Crippen molar-refractivity contribution in [2.75, 3.05) is 42.6 Å². The van der Waals surface area contributed by atoms with Crippen LogP contribution in [0.3, 0.4) is 0 Å². The number of Topliss-reactive ketones (excluding diaryl/α,β-unsaturated/α-hetero) is 1. The number of imidazole rings is 1. The molecule has 0 saturated carbocycles. The van der Waals surface area contributed by atoms with Crippen LogP contribution in [-0.2, 0) is 17.6 Å². The number of nitrogens with one attached hydrogen (secondary N) is 1. The number of benzene rings is 3. The number of carbonyl (C=O) groups excluding carboxylic acids is 2. The molecule has 0 atom stereocenters. The van der Waals surface area contributed by atoms with Crippen LogP contribution in [-0.4, -0.2) is 59.5 Å². The molecule has 3 aliphatic heterocycles. The summed E-state index contributed by atoms with van der Waals surface area (Å²) in [7, 11) is 0. The summed E-state index contributed by atoms with van der Waals surface area (Å²) in [5.74, 6) is 0.961. The minimum atomic E-state index is -0.405. The number of thiophene rings is 1. The van der Waals surface area contributed by atoms with E-state index in [1.165, 1.54) is 12.1 Å². The number of nitrogens with zero attached hydrogens (tertiary/aromatic N) is 4. The van der Waals surface area contributed by atoms with Gasteiger partial charge in [0.2, 0.25) is 0 Å². The van der Waals surface area contributed by atoms with Crippen LogP contribution in [0.1, 0.15) is 56.8 Å². The van der Waals surface area contributed by atoms with E-state index >= 15 is 0 Å². The van der Waals surface area contributed by atoms with Gasteiger partial charge in [0.05, 0.1) is 32.2 Å². The largest absolute Gasteiger partial charge is 0.381 e. The molecule has 9 rings (SSSR count). The van der Waals surface area contributed by atoms with Crippen LogP contribution in [0.5, 0.6) is 0 Å². The van der Waals surface area contributed by atoms with E-state index in [0.29, 0.717) is 47.6 Å². The third kappa shape index (κ3) is 6.32. The number of carbonyl (C=O) groups is 2. The van der Waals surface area contributed by atoms with Gasteiger partial charge in [-0.3, -0.25) is 9.59 Å². The van der Waals surface area contributed by atoms with Gasteiger partial charge in [-0.25, -0.2) is 14.4 Å². The number of halogens is 2. The standard InChI is InChI=1S/C42H37ClFN5O3S/c1-25-5-12-31(40(45-25)48-23-42(24-48)16-19-52-20-17-42)35(50)14-8-26-6-9-27(10-7-26)41(51)49-18-15-28-21-36(39-46-33-4-2-3-32(43)37(33)47-39)53-38(28)30-13-11-29(44)22-34(30)49/h2-7,9-13,21-22H,8,14-20,23-24H2,1H3,(H,46,47). The Balaban J connectivity index is 0.905. The molecule has 3 aliphatic rings. The van der Waals surface area contributed by atoms with E-state index in [9.17, 15) is 14.0 Å². The van der Waals surface area contributed by atoms with Gasteiger partial charge < -0.3 is 19.5 Å². The third-order valence-electron chi connectivity index (χ3n) is 10.9. The Labute approximate surface area is 315 Å². The second-order valence-corrected chi connectivity index (χ2v) is 15.9. The smallest absolute Gasteiger partial charge is 0.258 e. The molecule has 1 spiro atoms. The van der Waals surface area contributed by atoms with E-state index in [4.69, 9.17) is 26.3 Å². The van der Waals surface area contributed by atoms with Crippen molar-refractivity contribution in [2.24, 2.45) is 5.41 Å².